The first kappa shape index (κ1) is 29.4. The second-order valence-electron chi connectivity index (χ2n) is 7.43. The highest BCUT2D eigenvalue weighted by molar-refractivity contribution is 5.56. The molecule has 0 aromatic heterocycles. The lowest BCUT2D eigenvalue weighted by Gasteiger charge is -2.20. The van der Waals surface area contributed by atoms with Crippen LogP contribution in [0.2, 0.25) is 0 Å². The fraction of sp³-hybridized carbons (Fsp3) is 0.143. The molecule has 0 unspecified atom stereocenters. The number of nitrogen functional groups attached to an aromatic ring is 2. The van der Waals surface area contributed by atoms with E-state index in [1.54, 1.807) is 0 Å². The fourth-order valence-electron chi connectivity index (χ4n) is 2.99. The van der Waals surface area contributed by atoms with E-state index in [1.165, 1.54) is 0 Å². The molecular weight excluding hydrogens is 578 g/mol. The minimum Gasteiger partial charge on any atom is -0.450 e. The summed E-state index contributed by atoms with van der Waals surface area (Å²) < 4.78 is 200. The Labute approximate surface area is 206 Å². The van der Waals surface area contributed by atoms with Gasteiger partial charge in [0, 0.05) is 0 Å². The zero-order valence-electron chi connectivity index (χ0n) is 18.1. The van der Waals surface area contributed by atoms with E-state index in [9.17, 15) is 57.1 Å². The second-order valence-corrected chi connectivity index (χ2v) is 7.43. The third-order valence-electron chi connectivity index (χ3n) is 4.73. The molecule has 3 aromatic rings. The van der Waals surface area contributed by atoms with Crippen LogP contribution in [0.25, 0.3) is 0 Å². The molecule has 0 amide bonds. The molecule has 0 saturated carbocycles. The van der Waals surface area contributed by atoms with Crippen LogP contribution in [-0.4, -0.2) is 0 Å². The van der Waals surface area contributed by atoms with Crippen LogP contribution in [0.3, 0.4) is 0 Å². The van der Waals surface area contributed by atoms with Crippen LogP contribution in [0.4, 0.5) is 72.8 Å². The van der Waals surface area contributed by atoms with Gasteiger partial charge in [-0.25, -0.2) is 13.2 Å². The van der Waals surface area contributed by atoms with Gasteiger partial charge in [-0.2, -0.15) is 48.3 Å². The highest BCUT2D eigenvalue weighted by atomic mass is 19.4. The molecule has 0 saturated heterocycles. The van der Waals surface area contributed by atoms with E-state index in [4.69, 9.17) is 11.5 Å². The number of benzene rings is 3. The van der Waals surface area contributed by atoms with Gasteiger partial charge in [0.15, 0.2) is 34.7 Å². The Morgan fingerprint density at radius 3 is 1.21 bits per heavy atom. The molecule has 0 atom stereocenters. The Morgan fingerprint density at radius 2 is 0.846 bits per heavy atom. The van der Waals surface area contributed by atoms with Gasteiger partial charge in [-0.05, 0) is 24.3 Å². The lowest BCUT2D eigenvalue weighted by atomic mass is 10.1. The summed E-state index contributed by atoms with van der Waals surface area (Å²) in [4.78, 5) is 0. The zero-order chi connectivity index (χ0) is 29.8. The van der Waals surface area contributed by atoms with Gasteiger partial charge in [-0.3, -0.25) is 0 Å². The highest BCUT2D eigenvalue weighted by Gasteiger charge is 2.44. The van der Waals surface area contributed by atoms with Crippen molar-refractivity contribution in [3.8, 4) is 23.0 Å². The van der Waals surface area contributed by atoms with E-state index < -0.39 is 98.7 Å². The van der Waals surface area contributed by atoms with E-state index in [1.807, 2.05) is 0 Å². The number of anilines is 2. The molecule has 0 fully saturated rings. The second kappa shape index (κ2) is 9.57. The van der Waals surface area contributed by atoms with Gasteiger partial charge < -0.3 is 20.9 Å². The van der Waals surface area contributed by atoms with Crippen LogP contribution in [0, 0.1) is 29.1 Å². The summed E-state index contributed by atoms with van der Waals surface area (Å²) in [7, 11) is 0. The van der Waals surface area contributed by atoms with Crippen LogP contribution in [0.1, 0.15) is 16.7 Å². The predicted molar refractivity (Wildman–Crippen MR) is 103 cm³/mol. The number of nitrogens with two attached hydrogens (primary N) is 2. The topological polar surface area (TPSA) is 70.5 Å². The molecule has 0 aliphatic rings. The van der Waals surface area contributed by atoms with Crippen molar-refractivity contribution in [2.45, 2.75) is 18.5 Å². The first-order chi connectivity index (χ1) is 17.6. The summed E-state index contributed by atoms with van der Waals surface area (Å²) in [5.74, 6) is -21.2. The van der Waals surface area contributed by atoms with E-state index >= 15 is 4.39 Å². The molecule has 0 bridgehead atoms. The third-order valence-corrected chi connectivity index (χ3v) is 4.73. The quantitative estimate of drug-likeness (QED) is 0.184. The molecule has 0 aliphatic carbocycles. The molecule has 0 aliphatic heterocycles. The standard InChI is InChI=1S/C21H8F14N2O2/c22-12-7(36)1-5(19(27,28)29)3-9(12)38-17-11(21(33,34)35)14(24)15(25)18(16(17)26)39-10-4-6(20(30,31)32)2-8(37)13(10)23/h1-4H,36-37H2. The molecule has 0 heterocycles. The molecule has 0 radical (unpaired) electrons. The predicted octanol–water partition coefficient (Wildman–Crippen LogP) is 8.19. The van der Waals surface area contributed by atoms with Crippen molar-refractivity contribution in [2.75, 3.05) is 11.5 Å². The Balaban J connectivity index is 2.30. The maximum atomic E-state index is 15.1. The Bertz CT molecular complexity index is 1450. The lowest BCUT2D eigenvalue weighted by Crippen LogP contribution is -2.15. The van der Waals surface area contributed by atoms with Gasteiger partial charge in [-0.15, -0.1) is 0 Å². The van der Waals surface area contributed by atoms with Gasteiger partial charge in [0.1, 0.15) is 5.56 Å². The van der Waals surface area contributed by atoms with Gasteiger partial charge in [-0.1, -0.05) is 0 Å². The van der Waals surface area contributed by atoms with Crippen molar-refractivity contribution < 1.29 is 70.9 Å². The summed E-state index contributed by atoms with van der Waals surface area (Å²) in [6.07, 6.45) is -16.7. The molecule has 4 nitrogen and oxygen atoms in total. The van der Waals surface area contributed by atoms with Crippen molar-refractivity contribution >= 4 is 11.4 Å². The molecule has 3 aromatic carbocycles. The van der Waals surface area contributed by atoms with Crippen molar-refractivity contribution in [3.63, 3.8) is 0 Å². The number of hydrogen-bond acceptors (Lipinski definition) is 4. The van der Waals surface area contributed by atoms with Crippen LogP contribution >= 0.6 is 0 Å². The number of hydrogen-bond donors (Lipinski definition) is 2. The minimum atomic E-state index is -6.07. The summed E-state index contributed by atoms with van der Waals surface area (Å²) in [5, 5.41) is 0. The van der Waals surface area contributed by atoms with Crippen molar-refractivity contribution in [1.82, 2.24) is 0 Å². The van der Waals surface area contributed by atoms with E-state index in [0.717, 1.165) is 0 Å². The average Bonchev–Trinajstić information content (AvgIpc) is 2.78. The molecule has 18 heteroatoms. The molecular formula is C21H8F14N2O2. The minimum absolute atomic E-state index is 0.0115. The Kier molecular flexibility index (Phi) is 7.22. The first-order valence-electron chi connectivity index (χ1n) is 9.60. The largest absolute Gasteiger partial charge is 0.450 e. The molecule has 212 valence electrons. The zero-order valence-corrected chi connectivity index (χ0v) is 18.1. The molecule has 0 spiro atoms. The highest BCUT2D eigenvalue weighted by Crippen LogP contribution is 2.48. The first-order valence-corrected chi connectivity index (χ1v) is 9.60. The normalized spacial score (nSPS) is 12.6. The molecule has 3 rings (SSSR count). The number of halogens is 14. The average molecular weight is 586 g/mol. The van der Waals surface area contributed by atoms with Crippen LogP contribution in [-0.2, 0) is 18.5 Å². The van der Waals surface area contributed by atoms with E-state index in [0.29, 0.717) is 0 Å². The van der Waals surface area contributed by atoms with Crippen LogP contribution in [0.15, 0.2) is 24.3 Å². The van der Waals surface area contributed by atoms with Gasteiger partial charge in [0.25, 0.3) is 0 Å². The maximum absolute atomic E-state index is 15.1. The Morgan fingerprint density at radius 1 is 0.462 bits per heavy atom. The summed E-state index contributed by atoms with van der Waals surface area (Å²) in [6, 6.07) is -0.560. The number of ether oxygens (including phenoxy) is 2. The van der Waals surface area contributed by atoms with Crippen molar-refractivity contribution in [1.29, 1.82) is 0 Å². The SMILES string of the molecule is Nc1cc(C(F)(F)F)cc(Oc2c(F)c(F)c(C(F)(F)F)c(Oc3cc(C(F)(F)F)cc(N)c3F)c2F)c1F. The third kappa shape index (κ3) is 5.68. The van der Waals surface area contributed by atoms with Crippen molar-refractivity contribution in [2.24, 2.45) is 0 Å². The number of rotatable bonds is 4. The van der Waals surface area contributed by atoms with E-state index in [-0.39, 0.29) is 24.3 Å². The van der Waals surface area contributed by atoms with Crippen LogP contribution in [0.5, 0.6) is 23.0 Å². The smallest absolute Gasteiger partial charge is 0.423 e. The molecule has 39 heavy (non-hydrogen) atoms. The molecule has 4 N–H and O–H groups in total. The van der Waals surface area contributed by atoms with Gasteiger partial charge >= 0.3 is 18.5 Å². The summed E-state index contributed by atoms with van der Waals surface area (Å²) in [6.45, 7) is 0. The van der Waals surface area contributed by atoms with Crippen molar-refractivity contribution in [3.05, 3.63) is 70.0 Å². The Hall–Kier alpha value is -4.12. The lowest BCUT2D eigenvalue weighted by molar-refractivity contribution is -0.142. The van der Waals surface area contributed by atoms with Gasteiger partial charge in [0.2, 0.25) is 17.4 Å². The maximum Gasteiger partial charge on any atom is 0.423 e. The summed E-state index contributed by atoms with van der Waals surface area (Å²) >= 11 is 0. The summed E-state index contributed by atoms with van der Waals surface area (Å²) in [5.41, 5.74) is 0.781. The van der Waals surface area contributed by atoms with Crippen LogP contribution < -0.4 is 20.9 Å². The van der Waals surface area contributed by atoms with Gasteiger partial charge in [0.05, 0.1) is 22.5 Å². The van der Waals surface area contributed by atoms with E-state index in [2.05, 4.69) is 9.47 Å². The number of alkyl halides is 9. The monoisotopic (exact) mass is 586 g/mol. The fourth-order valence-corrected chi connectivity index (χ4v) is 2.99.